The van der Waals surface area contributed by atoms with Gasteiger partial charge in [0.05, 0.1) is 15.0 Å². The lowest BCUT2D eigenvalue weighted by Gasteiger charge is -2.08. The highest BCUT2D eigenvalue weighted by Gasteiger charge is 2.12. The number of rotatable bonds is 7. The maximum atomic E-state index is 12.1. The molecule has 3 aromatic rings. The smallest absolute Gasteiger partial charge is 0.208 e. The number of ketones is 1. The van der Waals surface area contributed by atoms with Crippen molar-refractivity contribution in [1.82, 2.24) is 15.2 Å². The molecule has 0 atom stereocenters. The third kappa shape index (κ3) is 4.84. The number of thiophene rings is 1. The van der Waals surface area contributed by atoms with Crippen molar-refractivity contribution in [3.63, 3.8) is 0 Å². The molecule has 1 aromatic carbocycles. The van der Waals surface area contributed by atoms with E-state index in [1.807, 2.05) is 32.0 Å². The third-order valence-electron chi connectivity index (χ3n) is 3.40. The van der Waals surface area contributed by atoms with Crippen molar-refractivity contribution in [1.29, 1.82) is 0 Å². The van der Waals surface area contributed by atoms with Crippen molar-refractivity contribution in [2.24, 2.45) is 0 Å². The first-order valence-corrected chi connectivity index (χ1v) is 9.72. The van der Waals surface area contributed by atoms with Crippen molar-refractivity contribution < 1.29 is 9.53 Å². The molecular weight excluding hydrogens is 378 g/mol. The van der Waals surface area contributed by atoms with Gasteiger partial charge in [0.25, 0.3) is 0 Å². The molecule has 25 heavy (non-hydrogen) atoms. The molecule has 0 amide bonds. The van der Waals surface area contributed by atoms with Gasteiger partial charge in [0.15, 0.2) is 11.6 Å². The van der Waals surface area contributed by atoms with Crippen LogP contribution in [0.15, 0.2) is 35.5 Å². The predicted molar refractivity (Wildman–Crippen MR) is 101 cm³/mol. The fourth-order valence-electron chi connectivity index (χ4n) is 2.08. The van der Waals surface area contributed by atoms with Gasteiger partial charge in [-0.1, -0.05) is 35.5 Å². The summed E-state index contributed by atoms with van der Waals surface area (Å²) in [6, 6.07) is 9.51. The van der Waals surface area contributed by atoms with Gasteiger partial charge in [-0.25, -0.2) is 4.98 Å². The van der Waals surface area contributed by atoms with Crippen LogP contribution in [0.1, 0.15) is 26.6 Å². The summed E-state index contributed by atoms with van der Waals surface area (Å²) in [5.41, 5.74) is 2.21. The summed E-state index contributed by atoms with van der Waals surface area (Å²) in [6.45, 7) is 4.32. The second kappa shape index (κ2) is 8.03. The van der Waals surface area contributed by atoms with Crippen molar-refractivity contribution >= 4 is 40.5 Å². The number of aromatic nitrogens is 3. The van der Waals surface area contributed by atoms with Crippen LogP contribution in [0.5, 0.6) is 5.75 Å². The fourth-order valence-corrected chi connectivity index (χ4v) is 3.85. The molecule has 0 aliphatic heterocycles. The third-order valence-corrected chi connectivity index (χ3v) is 5.52. The van der Waals surface area contributed by atoms with Crippen molar-refractivity contribution in [2.75, 3.05) is 5.75 Å². The van der Waals surface area contributed by atoms with E-state index in [0.29, 0.717) is 26.8 Å². The van der Waals surface area contributed by atoms with Crippen molar-refractivity contribution in [3.05, 3.63) is 56.5 Å². The predicted octanol–water partition coefficient (Wildman–Crippen LogP) is 4.69. The molecule has 5 nitrogen and oxygen atoms in total. The Hall–Kier alpha value is -1.83. The summed E-state index contributed by atoms with van der Waals surface area (Å²) in [7, 11) is 0. The van der Waals surface area contributed by atoms with Crippen LogP contribution in [0, 0.1) is 13.8 Å². The molecule has 0 saturated heterocycles. The minimum atomic E-state index is 0.0138. The Morgan fingerprint density at radius 1 is 1.32 bits per heavy atom. The molecule has 0 saturated carbocycles. The highest BCUT2D eigenvalue weighted by molar-refractivity contribution is 7.99. The highest BCUT2D eigenvalue weighted by Crippen LogP contribution is 2.24. The second-order valence-corrected chi connectivity index (χ2v) is 8.10. The number of aryl methyl sites for hydroxylation is 2. The zero-order chi connectivity index (χ0) is 17.8. The maximum Gasteiger partial charge on any atom is 0.208 e. The van der Waals surface area contributed by atoms with Crippen LogP contribution in [-0.4, -0.2) is 26.7 Å². The molecule has 0 unspecified atom stereocenters. The standard InChI is InChI=1S/C17H16ClN3O2S2/c1-10-3-4-11(2)13(7-10)23-8-16-19-17(21-20-16)24-9-12(22)14-5-6-15(18)25-14/h3-7H,8-9H2,1-2H3,(H,19,20,21). The van der Waals surface area contributed by atoms with E-state index in [4.69, 9.17) is 16.3 Å². The number of carbonyl (C=O) groups is 1. The topological polar surface area (TPSA) is 67.9 Å². The number of aromatic amines is 1. The summed E-state index contributed by atoms with van der Waals surface area (Å²) in [6.07, 6.45) is 0. The number of nitrogens with one attached hydrogen (secondary N) is 1. The molecule has 0 radical (unpaired) electrons. The summed E-state index contributed by atoms with van der Waals surface area (Å²) in [4.78, 5) is 17.0. The lowest BCUT2D eigenvalue weighted by Crippen LogP contribution is -2.00. The first-order chi connectivity index (χ1) is 12.0. The van der Waals surface area contributed by atoms with Crippen molar-refractivity contribution in [3.8, 4) is 5.75 Å². The molecule has 0 aliphatic rings. The number of benzene rings is 1. The Balaban J connectivity index is 1.53. The van der Waals surface area contributed by atoms with Crippen LogP contribution in [0.25, 0.3) is 0 Å². The van der Waals surface area contributed by atoms with E-state index in [1.54, 1.807) is 12.1 Å². The summed E-state index contributed by atoms with van der Waals surface area (Å²) >= 11 is 8.41. The van der Waals surface area contributed by atoms with Crippen LogP contribution in [0.3, 0.4) is 0 Å². The maximum absolute atomic E-state index is 12.1. The Morgan fingerprint density at radius 3 is 2.92 bits per heavy atom. The zero-order valence-electron chi connectivity index (χ0n) is 13.7. The lowest BCUT2D eigenvalue weighted by molar-refractivity contribution is 0.102. The minimum absolute atomic E-state index is 0.0138. The average Bonchev–Trinajstić information content (AvgIpc) is 3.22. The van der Waals surface area contributed by atoms with E-state index in [2.05, 4.69) is 15.2 Å². The second-order valence-electron chi connectivity index (χ2n) is 5.44. The number of H-pyrrole nitrogens is 1. The first kappa shape index (κ1) is 18.0. The monoisotopic (exact) mass is 393 g/mol. The first-order valence-electron chi connectivity index (χ1n) is 7.54. The number of nitrogens with zero attached hydrogens (tertiary/aromatic N) is 2. The van der Waals surface area contributed by atoms with E-state index >= 15 is 0 Å². The Kier molecular flexibility index (Phi) is 5.78. The molecule has 2 heterocycles. The van der Waals surface area contributed by atoms with Gasteiger partial charge in [0.2, 0.25) is 5.16 Å². The molecule has 0 bridgehead atoms. The number of ether oxygens (including phenoxy) is 1. The molecule has 2 aromatic heterocycles. The number of carbonyl (C=O) groups excluding carboxylic acids is 1. The molecule has 0 spiro atoms. The van der Waals surface area contributed by atoms with E-state index in [1.165, 1.54) is 23.1 Å². The molecule has 8 heteroatoms. The molecular formula is C17H16ClN3O2S2. The molecule has 1 N–H and O–H groups in total. The van der Waals surface area contributed by atoms with Gasteiger partial charge in [-0.05, 0) is 43.2 Å². The molecule has 3 rings (SSSR count). The Labute approximate surface area is 158 Å². The summed E-state index contributed by atoms with van der Waals surface area (Å²) < 4.78 is 6.40. The number of hydrogen-bond acceptors (Lipinski definition) is 6. The van der Waals surface area contributed by atoms with E-state index < -0.39 is 0 Å². The zero-order valence-corrected chi connectivity index (χ0v) is 16.1. The highest BCUT2D eigenvalue weighted by atomic mass is 35.5. The lowest BCUT2D eigenvalue weighted by atomic mass is 10.1. The number of Topliss-reactive ketones (excluding diaryl/α,β-unsaturated/α-hetero) is 1. The van der Waals surface area contributed by atoms with Gasteiger partial charge < -0.3 is 4.74 Å². The van der Waals surface area contributed by atoms with E-state index in [-0.39, 0.29) is 11.5 Å². The van der Waals surface area contributed by atoms with Crippen LogP contribution >= 0.6 is 34.7 Å². The summed E-state index contributed by atoms with van der Waals surface area (Å²) in [5, 5.41) is 7.48. The van der Waals surface area contributed by atoms with Gasteiger partial charge >= 0.3 is 0 Å². The van der Waals surface area contributed by atoms with Gasteiger partial charge in [-0.2, -0.15) is 0 Å². The largest absolute Gasteiger partial charge is 0.485 e. The molecule has 0 aliphatic carbocycles. The average molecular weight is 394 g/mol. The van der Waals surface area contributed by atoms with Gasteiger partial charge in [0, 0.05) is 0 Å². The van der Waals surface area contributed by atoms with E-state index in [0.717, 1.165) is 16.9 Å². The van der Waals surface area contributed by atoms with Gasteiger partial charge in [-0.3, -0.25) is 9.89 Å². The fraction of sp³-hybridized carbons (Fsp3) is 0.235. The van der Waals surface area contributed by atoms with Crippen LogP contribution in [0.4, 0.5) is 0 Å². The van der Waals surface area contributed by atoms with Gasteiger partial charge in [0.1, 0.15) is 12.4 Å². The molecule has 0 fully saturated rings. The molecule has 130 valence electrons. The minimum Gasteiger partial charge on any atom is -0.485 e. The SMILES string of the molecule is Cc1ccc(C)c(OCc2nc(SCC(=O)c3ccc(Cl)s3)n[nH]2)c1. The van der Waals surface area contributed by atoms with Crippen molar-refractivity contribution in [2.45, 2.75) is 25.6 Å². The van der Waals surface area contributed by atoms with Gasteiger partial charge in [-0.15, -0.1) is 16.4 Å². The summed E-state index contributed by atoms with van der Waals surface area (Å²) in [5.74, 6) is 1.73. The Bertz CT molecular complexity index is 892. The Morgan fingerprint density at radius 2 is 2.16 bits per heavy atom. The van der Waals surface area contributed by atoms with Crippen LogP contribution < -0.4 is 4.74 Å². The van der Waals surface area contributed by atoms with E-state index in [9.17, 15) is 4.79 Å². The number of halogens is 1. The number of hydrogen-bond donors (Lipinski definition) is 1. The van der Waals surface area contributed by atoms with Crippen LogP contribution in [0.2, 0.25) is 4.34 Å². The number of thioether (sulfide) groups is 1. The normalized spacial score (nSPS) is 10.8. The van der Waals surface area contributed by atoms with Crippen LogP contribution in [-0.2, 0) is 6.61 Å². The quantitative estimate of drug-likeness (QED) is 0.465.